The molecular formula is C21H23FN2O3. The highest BCUT2D eigenvalue weighted by Gasteiger charge is 2.26. The predicted octanol–water partition coefficient (Wildman–Crippen LogP) is 3.43. The second-order valence-electron chi connectivity index (χ2n) is 6.68. The Morgan fingerprint density at radius 2 is 1.96 bits per heavy atom. The molecule has 1 aliphatic rings. The molecule has 3 rings (SSSR count). The number of rotatable bonds is 6. The summed E-state index contributed by atoms with van der Waals surface area (Å²) in [4.78, 5) is 24.2. The Kier molecular flexibility index (Phi) is 6.06. The highest BCUT2D eigenvalue weighted by atomic mass is 19.1. The molecule has 2 amide bonds. The van der Waals surface area contributed by atoms with Gasteiger partial charge in [-0.25, -0.2) is 4.39 Å². The first-order valence-corrected chi connectivity index (χ1v) is 9.13. The van der Waals surface area contributed by atoms with E-state index in [2.05, 4.69) is 10.6 Å². The smallest absolute Gasteiger partial charge is 0.227 e. The average molecular weight is 370 g/mol. The molecule has 0 radical (unpaired) electrons. The number of halogens is 1. The molecule has 1 atom stereocenters. The molecular weight excluding hydrogens is 347 g/mol. The van der Waals surface area contributed by atoms with Crippen LogP contribution in [0.2, 0.25) is 0 Å². The minimum Gasteiger partial charge on any atom is -0.492 e. The predicted molar refractivity (Wildman–Crippen MR) is 101 cm³/mol. The third kappa shape index (κ3) is 5.06. The molecule has 142 valence electrons. The third-order valence-electron chi connectivity index (χ3n) is 4.48. The van der Waals surface area contributed by atoms with Gasteiger partial charge in [0.25, 0.3) is 0 Å². The molecule has 1 aliphatic heterocycles. The van der Waals surface area contributed by atoms with Crippen molar-refractivity contribution in [1.29, 1.82) is 0 Å². The quantitative estimate of drug-likeness (QED) is 0.819. The number of nitrogens with one attached hydrogen (secondary N) is 2. The van der Waals surface area contributed by atoms with E-state index < -0.39 is 0 Å². The van der Waals surface area contributed by atoms with E-state index in [1.807, 2.05) is 19.1 Å². The average Bonchev–Trinajstić information content (AvgIpc) is 2.67. The summed E-state index contributed by atoms with van der Waals surface area (Å²) in [6.07, 6.45) is 1.81. The molecule has 2 N–H and O–H groups in total. The number of amides is 2. The van der Waals surface area contributed by atoms with Gasteiger partial charge in [0, 0.05) is 18.7 Å². The first kappa shape index (κ1) is 18.9. The van der Waals surface area contributed by atoms with Gasteiger partial charge < -0.3 is 15.4 Å². The highest BCUT2D eigenvalue weighted by molar-refractivity contribution is 5.91. The van der Waals surface area contributed by atoms with E-state index in [9.17, 15) is 14.0 Å². The lowest BCUT2D eigenvalue weighted by Gasteiger charge is -2.25. The zero-order valence-corrected chi connectivity index (χ0v) is 15.3. The molecule has 2 aromatic rings. The van der Waals surface area contributed by atoms with E-state index in [1.54, 1.807) is 18.2 Å². The van der Waals surface area contributed by atoms with Crippen LogP contribution >= 0.6 is 0 Å². The van der Waals surface area contributed by atoms with Crippen LogP contribution in [-0.4, -0.2) is 18.4 Å². The van der Waals surface area contributed by atoms with Crippen LogP contribution in [0.4, 0.5) is 10.1 Å². The van der Waals surface area contributed by atoms with Crippen LogP contribution in [0.5, 0.6) is 5.75 Å². The number of anilines is 1. The van der Waals surface area contributed by atoms with E-state index in [0.29, 0.717) is 31.7 Å². The van der Waals surface area contributed by atoms with Gasteiger partial charge in [-0.15, -0.1) is 0 Å². The number of benzene rings is 2. The fourth-order valence-corrected chi connectivity index (χ4v) is 3.03. The largest absolute Gasteiger partial charge is 0.492 e. The molecule has 1 heterocycles. The molecule has 0 aliphatic carbocycles. The summed E-state index contributed by atoms with van der Waals surface area (Å²) in [5, 5.41) is 5.73. The summed E-state index contributed by atoms with van der Waals surface area (Å²) in [7, 11) is 0. The van der Waals surface area contributed by atoms with Crippen molar-refractivity contribution in [2.24, 2.45) is 5.92 Å². The highest BCUT2D eigenvalue weighted by Crippen LogP contribution is 2.30. The van der Waals surface area contributed by atoms with Gasteiger partial charge >= 0.3 is 0 Å². The standard InChI is InChI=1S/C21H23FN2O3/c1-2-3-20(25)24-18-8-9-19-15(11-18)10-16(13-27-19)21(26)23-12-14-4-6-17(22)7-5-14/h4-9,11,16H,2-3,10,12-13H2,1H3,(H,23,26)(H,24,25). The van der Waals surface area contributed by atoms with Gasteiger partial charge in [-0.1, -0.05) is 19.1 Å². The number of carbonyl (C=O) groups is 2. The Morgan fingerprint density at radius 3 is 2.70 bits per heavy atom. The third-order valence-corrected chi connectivity index (χ3v) is 4.48. The Hall–Kier alpha value is -2.89. The Bertz CT molecular complexity index is 821. The first-order chi connectivity index (χ1) is 13.0. The number of fused-ring (bicyclic) bond motifs is 1. The monoisotopic (exact) mass is 370 g/mol. The normalized spacial score (nSPS) is 15.4. The molecule has 27 heavy (non-hydrogen) atoms. The summed E-state index contributed by atoms with van der Waals surface area (Å²) in [5.74, 6) is 0.00276. The summed E-state index contributed by atoms with van der Waals surface area (Å²) >= 11 is 0. The van der Waals surface area contributed by atoms with E-state index in [4.69, 9.17) is 4.74 Å². The SMILES string of the molecule is CCCC(=O)Nc1ccc2c(c1)CC(C(=O)NCc1ccc(F)cc1)CO2. The van der Waals surface area contributed by atoms with Gasteiger partial charge in [0.2, 0.25) is 11.8 Å². The van der Waals surface area contributed by atoms with Crippen molar-refractivity contribution in [3.63, 3.8) is 0 Å². The maximum atomic E-state index is 12.9. The summed E-state index contributed by atoms with van der Waals surface area (Å²) < 4.78 is 18.7. The fourth-order valence-electron chi connectivity index (χ4n) is 3.03. The van der Waals surface area contributed by atoms with E-state index in [1.165, 1.54) is 12.1 Å². The van der Waals surface area contributed by atoms with Crippen molar-refractivity contribution in [2.45, 2.75) is 32.7 Å². The molecule has 0 saturated heterocycles. The van der Waals surface area contributed by atoms with Crippen LogP contribution in [0.25, 0.3) is 0 Å². The van der Waals surface area contributed by atoms with Gasteiger partial charge in [0.1, 0.15) is 18.2 Å². The van der Waals surface area contributed by atoms with E-state index in [0.717, 1.165) is 23.3 Å². The number of hydrogen-bond donors (Lipinski definition) is 2. The van der Waals surface area contributed by atoms with Crippen LogP contribution in [0.15, 0.2) is 42.5 Å². The van der Waals surface area contributed by atoms with Gasteiger partial charge in [0.05, 0.1) is 5.92 Å². The number of hydrogen-bond acceptors (Lipinski definition) is 3. The minimum atomic E-state index is -0.306. The van der Waals surface area contributed by atoms with Gasteiger partial charge in [0.15, 0.2) is 0 Å². The molecule has 0 spiro atoms. The molecule has 0 aromatic heterocycles. The van der Waals surface area contributed by atoms with Gasteiger partial charge in [-0.05, 0) is 54.3 Å². The van der Waals surface area contributed by atoms with Crippen LogP contribution in [-0.2, 0) is 22.6 Å². The zero-order valence-electron chi connectivity index (χ0n) is 15.3. The van der Waals surface area contributed by atoms with Gasteiger partial charge in [-0.2, -0.15) is 0 Å². The molecule has 5 nitrogen and oxygen atoms in total. The second-order valence-corrected chi connectivity index (χ2v) is 6.68. The Balaban J connectivity index is 1.59. The molecule has 6 heteroatoms. The lowest BCUT2D eigenvalue weighted by molar-refractivity contribution is -0.126. The van der Waals surface area contributed by atoms with Crippen LogP contribution < -0.4 is 15.4 Å². The van der Waals surface area contributed by atoms with Crippen molar-refractivity contribution in [1.82, 2.24) is 5.32 Å². The lowest BCUT2D eigenvalue weighted by atomic mass is 9.95. The molecule has 0 fully saturated rings. The van der Waals surface area contributed by atoms with Crippen molar-refractivity contribution >= 4 is 17.5 Å². The lowest BCUT2D eigenvalue weighted by Crippen LogP contribution is -2.37. The van der Waals surface area contributed by atoms with E-state index in [-0.39, 0.29) is 23.5 Å². The van der Waals surface area contributed by atoms with Crippen LogP contribution in [0.1, 0.15) is 30.9 Å². The molecule has 0 saturated carbocycles. The Morgan fingerprint density at radius 1 is 1.19 bits per heavy atom. The summed E-state index contributed by atoms with van der Waals surface area (Å²) in [6, 6.07) is 11.5. The molecule has 1 unspecified atom stereocenters. The fraction of sp³-hybridized carbons (Fsp3) is 0.333. The number of carbonyl (C=O) groups excluding carboxylic acids is 2. The molecule has 2 aromatic carbocycles. The van der Waals surface area contributed by atoms with Crippen LogP contribution in [0, 0.1) is 11.7 Å². The minimum absolute atomic E-state index is 0.0252. The zero-order chi connectivity index (χ0) is 19.2. The summed E-state index contributed by atoms with van der Waals surface area (Å²) in [5.41, 5.74) is 2.45. The number of ether oxygens (including phenoxy) is 1. The topological polar surface area (TPSA) is 67.4 Å². The van der Waals surface area contributed by atoms with Crippen molar-refractivity contribution in [3.8, 4) is 5.75 Å². The van der Waals surface area contributed by atoms with Crippen molar-refractivity contribution in [2.75, 3.05) is 11.9 Å². The molecule has 0 bridgehead atoms. The van der Waals surface area contributed by atoms with Crippen LogP contribution in [0.3, 0.4) is 0 Å². The summed E-state index contributed by atoms with van der Waals surface area (Å²) in [6.45, 7) is 2.61. The second kappa shape index (κ2) is 8.66. The van der Waals surface area contributed by atoms with Crippen molar-refractivity contribution < 1.29 is 18.7 Å². The Labute approximate surface area is 157 Å². The van der Waals surface area contributed by atoms with Gasteiger partial charge in [-0.3, -0.25) is 9.59 Å². The first-order valence-electron chi connectivity index (χ1n) is 9.13. The van der Waals surface area contributed by atoms with E-state index >= 15 is 0 Å². The maximum absolute atomic E-state index is 12.9. The van der Waals surface area contributed by atoms with Crippen molar-refractivity contribution in [3.05, 3.63) is 59.4 Å². The maximum Gasteiger partial charge on any atom is 0.227 e.